The maximum absolute atomic E-state index is 12.0. The number of morpholine rings is 1. The van der Waals surface area contributed by atoms with Crippen molar-refractivity contribution in [3.05, 3.63) is 64.1 Å². The monoisotopic (exact) mass is 408 g/mol. The minimum absolute atomic E-state index is 0.0311. The van der Waals surface area contributed by atoms with Crippen LogP contribution in [0.1, 0.15) is 5.56 Å². The highest BCUT2D eigenvalue weighted by Crippen LogP contribution is 2.26. The van der Waals surface area contributed by atoms with E-state index >= 15 is 0 Å². The van der Waals surface area contributed by atoms with Crippen LogP contribution in [0.3, 0.4) is 0 Å². The maximum atomic E-state index is 12.0. The molecule has 1 aliphatic heterocycles. The third-order valence-corrected chi connectivity index (χ3v) is 5.00. The summed E-state index contributed by atoms with van der Waals surface area (Å²) >= 11 is 11.8. The number of amides is 1. The Morgan fingerprint density at radius 3 is 2.78 bits per heavy atom. The van der Waals surface area contributed by atoms with Crippen LogP contribution in [-0.2, 0) is 16.1 Å². The van der Waals surface area contributed by atoms with Gasteiger partial charge in [-0.3, -0.25) is 9.69 Å². The quantitative estimate of drug-likeness (QED) is 0.762. The van der Waals surface area contributed by atoms with Gasteiger partial charge in [-0.05, 0) is 17.7 Å². The van der Waals surface area contributed by atoms with Crippen LogP contribution < -0.4 is 10.1 Å². The number of hydrogen-bond donors (Lipinski definition) is 1. The van der Waals surface area contributed by atoms with E-state index in [1.165, 1.54) is 5.56 Å². The lowest BCUT2D eigenvalue weighted by molar-refractivity contribution is -0.124. The molecule has 2 aromatic rings. The Hall–Kier alpha value is -1.79. The maximum Gasteiger partial charge on any atom is 0.258 e. The van der Waals surface area contributed by atoms with E-state index in [9.17, 15) is 4.79 Å². The molecule has 5 nitrogen and oxygen atoms in total. The number of nitrogens with one attached hydrogen (secondary N) is 1. The summed E-state index contributed by atoms with van der Waals surface area (Å²) in [6.07, 6.45) is -0.0311. The van der Waals surface area contributed by atoms with Crippen molar-refractivity contribution in [2.45, 2.75) is 12.6 Å². The zero-order chi connectivity index (χ0) is 19.1. The van der Waals surface area contributed by atoms with Gasteiger partial charge in [0, 0.05) is 32.2 Å². The van der Waals surface area contributed by atoms with E-state index in [-0.39, 0.29) is 18.6 Å². The number of ether oxygens (including phenoxy) is 2. The SMILES string of the molecule is O=C(COc1ccc(Cl)c(Cl)c1)NCC1CN(Cc2ccccc2)CCO1. The molecule has 2 aromatic carbocycles. The standard InChI is InChI=1S/C20H22Cl2N2O3/c21-18-7-6-16(10-19(18)22)27-14-20(25)23-11-17-13-24(8-9-26-17)12-15-4-2-1-3-5-15/h1-7,10,17H,8-9,11-14H2,(H,23,25). The first-order valence-corrected chi connectivity index (χ1v) is 9.58. The topological polar surface area (TPSA) is 50.8 Å². The van der Waals surface area contributed by atoms with Gasteiger partial charge < -0.3 is 14.8 Å². The molecule has 0 radical (unpaired) electrons. The number of rotatable bonds is 7. The van der Waals surface area contributed by atoms with Gasteiger partial charge >= 0.3 is 0 Å². The summed E-state index contributed by atoms with van der Waals surface area (Å²) in [5, 5.41) is 3.70. The number of carbonyl (C=O) groups is 1. The first kappa shape index (κ1) is 20.0. The first-order chi connectivity index (χ1) is 13.1. The second kappa shape index (κ2) is 9.95. The van der Waals surface area contributed by atoms with Crippen molar-refractivity contribution < 1.29 is 14.3 Å². The van der Waals surface area contributed by atoms with Crippen LogP contribution in [0, 0.1) is 0 Å². The third kappa shape index (κ3) is 6.40. The lowest BCUT2D eigenvalue weighted by atomic mass is 10.2. The molecular formula is C20H22Cl2N2O3. The Kier molecular flexibility index (Phi) is 7.35. The molecule has 1 amide bonds. The van der Waals surface area contributed by atoms with E-state index in [0.29, 0.717) is 28.9 Å². The molecule has 1 atom stereocenters. The van der Waals surface area contributed by atoms with Crippen molar-refractivity contribution in [2.75, 3.05) is 32.8 Å². The smallest absolute Gasteiger partial charge is 0.258 e. The molecule has 3 rings (SSSR count). The van der Waals surface area contributed by atoms with Gasteiger partial charge in [0.25, 0.3) is 5.91 Å². The predicted octanol–water partition coefficient (Wildman–Crippen LogP) is 3.39. The molecule has 1 fully saturated rings. The Bertz CT molecular complexity index is 758. The zero-order valence-corrected chi connectivity index (χ0v) is 16.4. The number of carbonyl (C=O) groups excluding carboxylic acids is 1. The van der Waals surface area contributed by atoms with Crippen molar-refractivity contribution in [1.29, 1.82) is 0 Å². The van der Waals surface area contributed by atoms with Gasteiger partial charge in [-0.15, -0.1) is 0 Å². The van der Waals surface area contributed by atoms with E-state index in [0.717, 1.165) is 19.6 Å². The van der Waals surface area contributed by atoms with Crippen molar-refractivity contribution in [3.63, 3.8) is 0 Å². The van der Waals surface area contributed by atoms with Crippen LogP contribution in [0.5, 0.6) is 5.75 Å². The fourth-order valence-electron chi connectivity index (χ4n) is 2.88. The summed E-state index contributed by atoms with van der Waals surface area (Å²) in [6, 6.07) is 15.2. The predicted molar refractivity (Wildman–Crippen MR) is 106 cm³/mol. The molecule has 1 unspecified atom stereocenters. The lowest BCUT2D eigenvalue weighted by Gasteiger charge is -2.33. The molecule has 0 aliphatic carbocycles. The summed E-state index contributed by atoms with van der Waals surface area (Å²) in [7, 11) is 0. The zero-order valence-electron chi connectivity index (χ0n) is 14.9. The highest BCUT2D eigenvalue weighted by atomic mass is 35.5. The Morgan fingerprint density at radius 2 is 2.00 bits per heavy atom. The fourth-order valence-corrected chi connectivity index (χ4v) is 3.17. The van der Waals surface area contributed by atoms with Crippen molar-refractivity contribution in [1.82, 2.24) is 10.2 Å². The van der Waals surface area contributed by atoms with E-state index < -0.39 is 0 Å². The number of halogens is 2. The Balaban J connectivity index is 1.39. The first-order valence-electron chi connectivity index (χ1n) is 8.82. The van der Waals surface area contributed by atoms with E-state index in [4.69, 9.17) is 32.7 Å². The van der Waals surface area contributed by atoms with Crippen molar-refractivity contribution in [2.24, 2.45) is 0 Å². The summed E-state index contributed by atoms with van der Waals surface area (Å²) < 4.78 is 11.2. The van der Waals surface area contributed by atoms with Gasteiger partial charge in [0.05, 0.1) is 22.8 Å². The average Bonchev–Trinajstić information content (AvgIpc) is 2.68. The minimum atomic E-state index is -0.204. The molecule has 0 saturated carbocycles. The Morgan fingerprint density at radius 1 is 1.19 bits per heavy atom. The molecule has 0 bridgehead atoms. The Labute approximate surface area is 169 Å². The number of benzene rings is 2. The largest absolute Gasteiger partial charge is 0.484 e. The van der Waals surface area contributed by atoms with Gasteiger partial charge in [-0.1, -0.05) is 53.5 Å². The van der Waals surface area contributed by atoms with Gasteiger partial charge in [0.1, 0.15) is 5.75 Å². The number of nitrogens with zero attached hydrogens (tertiary/aromatic N) is 1. The summed E-state index contributed by atoms with van der Waals surface area (Å²) in [5.74, 6) is 0.298. The fraction of sp³-hybridized carbons (Fsp3) is 0.350. The molecule has 7 heteroatoms. The highest BCUT2D eigenvalue weighted by molar-refractivity contribution is 6.42. The van der Waals surface area contributed by atoms with Gasteiger partial charge in [0.15, 0.2) is 6.61 Å². The van der Waals surface area contributed by atoms with Gasteiger partial charge in [-0.2, -0.15) is 0 Å². The molecule has 1 N–H and O–H groups in total. The van der Waals surface area contributed by atoms with Gasteiger partial charge in [0.2, 0.25) is 0 Å². The molecule has 1 saturated heterocycles. The normalized spacial score (nSPS) is 17.5. The molecule has 1 aliphatic rings. The summed E-state index contributed by atoms with van der Waals surface area (Å²) in [4.78, 5) is 14.4. The van der Waals surface area contributed by atoms with Crippen molar-refractivity contribution >= 4 is 29.1 Å². The molecular weight excluding hydrogens is 387 g/mol. The molecule has 144 valence electrons. The van der Waals surface area contributed by atoms with E-state index in [2.05, 4.69) is 22.3 Å². The van der Waals surface area contributed by atoms with Crippen LogP contribution in [0.4, 0.5) is 0 Å². The number of hydrogen-bond acceptors (Lipinski definition) is 4. The van der Waals surface area contributed by atoms with Gasteiger partial charge in [-0.25, -0.2) is 0 Å². The van der Waals surface area contributed by atoms with E-state index in [1.807, 2.05) is 18.2 Å². The average molecular weight is 409 g/mol. The van der Waals surface area contributed by atoms with Crippen LogP contribution in [0.2, 0.25) is 10.0 Å². The van der Waals surface area contributed by atoms with Crippen LogP contribution in [0.15, 0.2) is 48.5 Å². The second-order valence-corrected chi connectivity index (χ2v) is 7.20. The molecule has 1 heterocycles. The molecule has 0 spiro atoms. The molecule has 0 aromatic heterocycles. The van der Waals surface area contributed by atoms with Crippen molar-refractivity contribution in [3.8, 4) is 5.75 Å². The minimum Gasteiger partial charge on any atom is -0.484 e. The molecule has 27 heavy (non-hydrogen) atoms. The summed E-state index contributed by atoms with van der Waals surface area (Å²) in [6.45, 7) is 3.58. The van der Waals surface area contributed by atoms with Crippen LogP contribution in [0.25, 0.3) is 0 Å². The highest BCUT2D eigenvalue weighted by Gasteiger charge is 2.21. The van der Waals surface area contributed by atoms with E-state index in [1.54, 1.807) is 18.2 Å². The van der Waals surface area contributed by atoms with Crippen LogP contribution >= 0.6 is 23.2 Å². The van der Waals surface area contributed by atoms with Crippen LogP contribution in [-0.4, -0.2) is 49.8 Å². The second-order valence-electron chi connectivity index (χ2n) is 6.38. The third-order valence-electron chi connectivity index (χ3n) is 4.26. The lowest BCUT2D eigenvalue weighted by Crippen LogP contribution is -2.47. The summed E-state index contributed by atoms with van der Waals surface area (Å²) in [5.41, 5.74) is 1.28.